The molecule has 2 aromatic rings. The van der Waals surface area contributed by atoms with Gasteiger partial charge in [0.05, 0.1) is 11.5 Å². The SMILES string of the molecule is CCCCc1ccccc1C(=O)O.O=C([O-])c1ccccc1.[Na+]. The summed E-state index contributed by atoms with van der Waals surface area (Å²) in [6.07, 6.45) is 3.00. The quantitative estimate of drug-likeness (QED) is 0.772. The molecule has 4 nitrogen and oxygen atoms in total. The molecule has 0 spiro atoms. The number of hydrogen-bond acceptors (Lipinski definition) is 3. The van der Waals surface area contributed by atoms with E-state index in [2.05, 4.69) is 6.92 Å². The smallest absolute Gasteiger partial charge is 0.545 e. The minimum atomic E-state index is -1.13. The summed E-state index contributed by atoms with van der Waals surface area (Å²) < 4.78 is 0. The van der Waals surface area contributed by atoms with Gasteiger partial charge >= 0.3 is 35.5 Å². The van der Waals surface area contributed by atoms with Gasteiger partial charge in [0.25, 0.3) is 0 Å². The number of rotatable bonds is 5. The molecule has 0 atom stereocenters. The second-order valence-corrected chi connectivity index (χ2v) is 4.72. The third-order valence-corrected chi connectivity index (χ3v) is 3.06. The van der Waals surface area contributed by atoms with E-state index in [1.807, 2.05) is 12.1 Å². The summed E-state index contributed by atoms with van der Waals surface area (Å²) in [7, 11) is 0. The van der Waals surface area contributed by atoms with Crippen molar-refractivity contribution >= 4 is 11.9 Å². The summed E-state index contributed by atoms with van der Waals surface area (Å²) in [6, 6.07) is 15.3. The van der Waals surface area contributed by atoms with Crippen molar-refractivity contribution in [2.24, 2.45) is 0 Å². The Morgan fingerprint density at radius 3 is 2.04 bits per heavy atom. The van der Waals surface area contributed by atoms with Gasteiger partial charge in [-0.25, -0.2) is 4.79 Å². The molecule has 0 saturated heterocycles. The normalized spacial score (nSPS) is 9.09. The first kappa shape index (κ1) is 21.4. The Kier molecular flexibility index (Phi) is 11.0. The third-order valence-electron chi connectivity index (χ3n) is 3.06. The molecule has 5 heteroatoms. The first-order valence-electron chi connectivity index (χ1n) is 7.13. The standard InChI is InChI=1S/C11H14O2.C7H6O2.Na/c1-2-3-6-9-7-4-5-8-10(9)11(12)13;8-7(9)6-4-2-1-3-5-6;/h4-5,7-8H,2-3,6H2,1H3,(H,12,13);1-5H,(H,8,9);/q;;+1/p-1. The summed E-state index contributed by atoms with van der Waals surface area (Å²) in [5, 5.41) is 19.0. The second kappa shape index (κ2) is 11.9. The molecule has 2 aromatic carbocycles. The van der Waals surface area contributed by atoms with Crippen molar-refractivity contribution in [2.75, 3.05) is 0 Å². The fourth-order valence-electron chi connectivity index (χ4n) is 1.89. The molecule has 0 bridgehead atoms. The Labute approximate surface area is 158 Å². The maximum absolute atomic E-state index is 10.8. The van der Waals surface area contributed by atoms with Crippen LogP contribution in [0.25, 0.3) is 0 Å². The molecule has 1 N–H and O–H groups in total. The second-order valence-electron chi connectivity index (χ2n) is 4.72. The number of hydrogen-bond donors (Lipinski definition) is 1. The molecule has 2 rings (SSSR count). The molecule has 0 aromatic heterocycles. The van der Waals surface area contributed by atoms with Crippen molar-refractivity contribution in [3.8, 4) is 0 Å². The number of carboxylic acid groups (broad SMARTS) is 2. The zero-order chi connectivity index (χ0) is 16.4. The molecule has 0 radical (unpaired) electrons. The topological polar surface area (TPSA) is 77.4 Å². The van der Waals surface area contributed by atoms with Gasteiger partial charge in [-0.15, -0.1) is 0 Å². The van der Waals surface area contributed by atoms with Crippen LogP contribution in [0.3, 0.4) is 0 Å². The van der Waals surface area contributed by atoms with Gasteiger partial charge in [0.1, 0.15) is 0 Å². The van der Waals surface area contributed by atoms with E-state index in [1.54, 1.807) is 30.3 Å². The van der Waals surface area contributed by atoms with Crippen molar-refractivity contribution in [1.29, 1.82) is 0 Å². The van der Waals surface area contributed by atoms with Crippen LogP contribution in [-0.2, 0) is 6.42 Å². The summed E-state index contributed by atoms with van der Waals surface area (Å²) >= 11 is 0. The summed E-state index contributed by atoms with van der Waals surface area (Å²) in [5.74, 6) is -1.96. The van der Waals surface area contributed by atoms with E-state index in [1.165, 1.54) is 12.1 Å². The molecule has 0 aliphatic rings. The predicted molar refractivity (Wildman–Crippen MR) is 82.8 cm³/mol. The maximum Gasteiger partial charge on any atom is 1.00 e. The Morgan fingerprint density at radius 2 is 1.57 bits per heavy atom. The van der Waals surface area contributed by atoms with Gasteiger partial charge in [0.15, 0.2) is 0 Å². The molecule has 23 heavy (non-hydrogen) atoms. The van der Waals surface area contributed by atoms with Crippen LogP contribution in [-0.4, -0.2) is 17.0 Å². The van der Waals surface area contributed by atoms with E-state index in [-0.39, 0.29) is 35.1 Å². The minimum absolute atomic E-state index is 0. The third kappa shape index (κ3) is 7.98. The number of benzene rings is 2. The molecule has 0 heterocycles. The first-order valence-corrected chi connectivity index (χ1v) is 7.13. The number of carbonyl (C=O) groups excluding carboxylic acids is 1. The summed E-state index contributed by atoms with van der Waals surface area (Å²) in [5.41, 5.74) is 1.60. The minimum Gasteiger partial charge on any atom is -0.545 e. The molecule has 0 aliphatic carbocycles. The van der Waals surface area contributed by atoms with Gasteiger partial charge < -0.3 is 15.0 Å². The van der Waals surface area contributed by atoms with Crippen molar-refractivity contribution in [1.82, 2.24) is 0 Å². The zero-order valence-electron chi connectivity index (χ0n) is 13.5. The predicted octanol–water partition coefficient (Wildman–Crippen LogP) is -0.218. The molecule has 0 fully saturated rings. The van der Waals surface area contributed by atoms with Crippen LogP contribution < -0.4 is 34.7 Å². The van der Waals surface area contributed by atoms with E-state index >= 15 is 0 Å². The number of unbranched alkanes of at least 4 members (excludes halogenated alkanes) is 1. The van der Waals surface area contributed by atoms with Gasteiger partial charge in [-0.1, -0.05) is 61.9 Å². The van der Waals surface area contributed by atoms with E-state index in [9.17, 15) is 14.7 Å². The first-order chi connectivity index (χ1) is 10.6. The van der Waals surface area contributed by atoms with Crippen molar-refractivity contribution in [3.05, 3.63) is 71.3 Å². The van der Waals surface area contributed by atoms with Gasteiger partial charge in [-0.05, 0) is 30.0 Å². The van der Waals surface area contributed by atoms with Crippen LogP contribution in [0.2, 0.25) is 0 Å². The van der Waals surface area contributed by atoms with E-state index < -0.39 is 11.9 Å². The average molecular weight is 322 g/mol. The molecule has 0 amide bonds. The van der Waals surface area contributed by atoms with E-state index in [4.69, 9.17) is 5.11 Å². The van der Waals surface area contributed by atoms with Gasteiger partial charge in [0, 0.05) is 0 Å². The van der Waals surface area contributed by atoms with E-state index in [0.29, 0.717) is 5.56 Å². The molecule has 0 unspecified atom stereocenters. The molecule has 0 saturated carbocycles. The molecule has 116 valence electrons. The number of carboxylic acids is 2. The Balaban J connectivity index is 0.000000427. The largest absolute Gasteiger partial charge is 1.00 e. The van der Waals surface area contributed by atoms with Gasteiger partial charge in [0.2, 0.25) is 0 Å². The average Bonchev–Trinajstić information content (AvgIpc) is 2.54. The summed E-state index contributed by atoms with van der Waals surface area (Å²) in [4.78, 5) is 20.9. The van der Waals surface area contributed by atoms with Crippen LogP contribution in [0, 0.1) is 0 Å². The Bertz CT molecular complexity index is 611. The van der Waals surface area contributed by atoms with Crippen LogP contribution in [0.4, 0.5) is 0 Å². The zero-order valence-corrected chi connectivity index (χ0v) is 15.5. The number of aryl methyl sites for hydroxylation is 1. The van der Waals surface area contributed by atoms with Gasteiger partial charge in [-0.3, -0.25) is 0 Å². The van der Waals surface area contributed by atoms with Crippen molar-refractivity contribution in [3.63, 3.8) is 0 Å². The maximum atomic E-state index is 10.8. The number of carbonyl (C=O) groups is 2. The Hall–Kier alpha value is -1.62. The summed E-state index contributed by atoms with van der Waals surface area (Å²) in [6.45, 7) is 2.10. The van der Waals surface area contributed by atoms with Gasteiger partial charge in [-0.2, -0.15) is 0 Å². The molecule has 0 aliphatic heterocycles. The fraction of sp³-hybridized carbons (Fsp3) is 0.222. The Morgan fingerprint density at radius 1 is 1.00 bits per heavy atom. The monoisotopic (exact) mass is 322 g/mol. The van der Waals surface area contributed by atoms with Crippen LogP contribution in [0.1, 0.15) is 46.0 Å². The molecular weight excluding hydrogens is 303 g/mol. The van der Waals surface area contributed by atoms with E-state index in [0.717, 1.165) is 24.8 Å². The fourth-order valence-corrected chi connectivity index (χ4v) is 1.89. The van der Waals surface area contributed by atoms with Crippen LogP contribution >= 0.6 is 0 Å². The van der Waals surface area contributed by atoms with Crippen LogP contribution in [0.5, 0.6) is 0 Å². The van der Waals surface area contributed by atoms with Crippen molar-refractivity contribution < 1.29 is 49.4 Å². The van der Waals surface area contributed by atoms with Crippen LogP contribution in [0.15, 0.2) is 54.6 Å². The number of aromatic carboxylic acids is 2. The van der Waals surface area contributed by atoms with Crippen molar-refractivity contribution in [2.45, 2.75) is 26.2 Å². The molecular formula is C18H19NaO4.